The molecule has 2 aliphatic rings. The summed E-state index contributed by atoms with van der Waals surface area (Å²) in [5, 5.41) is 8.70. The number of carbonyl (C=O) groups excluding carboxylic acids is 1. The second-order valence-corrected chi connectivity index (χ2v) is 3.58. The predicted octanol–water partition coefficient (Wildman–Crippen LogP) is 0.192. The fourth-order valence-electron chi connectivity index (χ4n) is 1.64. The smallest absolute Gasteiger partial charge is 0.320 e. The monoisotopic (exact) mass is 218 g/mol. The molecule has 82 valence electrons. The number of carboxylic acid groups (broad SMARTS) is 1. The normalized spacial score (nSPS) is 19.8. The summed E-state index contributed by atoms with van der Waals surface area (Å²) in [6.45, 7) is 0. The third-order valence-corrected chi connectivity index (χ3v) is 2.44. The van der Waals surface area contributed by atoms with Gasteiger partial charge in [-0.15, -0.1) is 0 Å². The molecule has 0 saturated carbocycles. The van der Waals surface area contributed by atoms with Crippen LogP contribution in [0.5, 0.6) is 0 Å². The Kier molecular flexibility index (Phi) is 2.54. The lowest BCUT2D eigenvalue weighted by molar-refractivity contribution is -0.138. The number of aliphatic imine (C=N–C) groups is 1. The second kappa shape index (κ2) is 3.86. The average Bonchev–Trinajstić information content (AvgIpc) is 2.63. The van der Waals surface area contributed by atoms with Crippen LogP contribution in [-0.2, 0) is 9.59 Å². The topological polar surface area (TPSA) is 92.8 Å². The zero-order valence-corrected chi connectivity index (χ0v) is 8.38. The minimum Gasteiger partial charge on any atom is -0.480 e. The number of nitrogens with two attached hydrogens (primary N) is 1. The van der Waals surface area contributed by atoms with Crippen LogP contribution < -0.4 is 5.73 Å². The zero-order chi connectivity index (χ0) is 11.7. The molecular weight excluding hydrogens is 208 g/mol. The number of ketones is 1. The predicted molar refractivity (Wildman–Crippen MR) is 58.0 cm³/mol. The van der Waals surface area contributed by atoms with E-state index in [1.165, 1.54) is 12.3 Å². The molecule has 0 aromatic heterocycles. The van der Waals surface area contributed by atoms with Gasteiger partial charge in [0, 0.05) is 12.6 Å². The van der Waals surface area contributed by atoms with Gasteiger partial charge >= 0.3 is 5.97 Å². The van der Waals surface area contributed by atoms with E-state index >= 15 is 0 Å². The van der Waals surface area contributed by atoms with Crippen LogP contribution in [0.2, 0.25) is 0 Å². The summed E-state index contributed by atoms with van der Waals surface area (Å²) in [6, 6.07) is -1.01. The van der Waals surface area contributed by atoms with Crippen molar-refractivity contribution in [2.24, 2.45) is 10.7 Å². The number of hydrogen-bond acceptors (Lipinski definition) is 4. The highest BCUT2D eigenvalue weighted by Gasteiger charge is 2.25. The Labute approximate surface area is 91.7 Å². The number of hydrogen-bond donors (Lipinski definition) is 2. The summed E-state index contributed by atoms with van der Waals surface area (Å²) in [5.74, 6) is -1.24. The first-order valence-corrected chi connectivity index (χ1v) is 4.78. The van der Waals surface area contributed by atoms with E-state index in [1.807, 2.05) is 0 Å². The van der Waals surface area contributed by atoms with E-state index in [4.69, 9.17) is 10.8 Å². The van der Waals surface area contributed by atoms with E-state index in [1.54, 1.807) is 12.2 Å². The molecule has 1 aliphatic carbocycles. The van der Waals surface area contributed by atoms with Crippen LogP contribution in [0.3, 0.4) is 0 Å². The van der Waals surface area contributed by atoms with Crippen LogP contribution in [0, 0.1) is 0 Å². The highest BCUT2D eigenvalue weighted by Crippen LogP contribution is 2.27. The van der Waals surface area contributed by atoms with Crippen LogP contribution in [0.4, 0.5) is 0 Å². The number of rotatable bonds is 3. The van der Waals surface area contributed by atoms with Crippen molar-refractivity contribution in [1.82, 2.24) is 0 Å². The Morgan fingerprint density at radius 2 is 2.31 bits per heavy atom. The van der Waals surface area contributed by atoms with E-state index in [0.717, 1.165) is 0 Å². The number of fused-ring (bicyclic) bond motifs is 1. The maximum atomic E-state index is 11.6. The Balaban J connectivity index is 2.28. The Morgan fingerprint density at radius 1 is 1.56 bits per heavy atom. The molecule has 1 aliphatic heterocycles. The lowest BCUT2D eigenvalue weighted by Gasteiger charge is -2.09. The molecule has 0 radical (unpaired) electrons. The molecule has 1 heterocycles. The van der Waals surface area contributed by atoms with Crippen LogP contribution in [0.1, 0.15) is 6.42 Å². The van der Waals surface area contributed by atoms with Crippen LogP contribution in [0.25, 0.3) is 0 Å². The van der Waals surface area contributed by atoms with E-state index in [9.17, 15) is 9.59 Å². The standard InChI is InChI=1S/C11H10N2O3/c12-7(11(15)16)4-6-5-13-8-2-1-3-9(14)10(6)8/h1-3,5,7H,4,12H2,(H,15,16)/t7-/m0/s1. The van der Waals surface area contributed by atoms with Gasteiger partial charge in [0.15, 0.2) is 5.78 Å². The molecule has 3 N–H and O–H groups in total. The molecule has 0 aromatic rings. The molecule has 0 amide bonds. The summed E-state index contributed by atoms with van der Waals surface area (Å²) < 4.78 is 0. The van der Waals surface area contributed by atoms with Gasteiger partial charge in [-0.2, -0.15) is 0 Å². The molecule has 0 aromatic carbocycles. The van der Waals surface area contributed by atoms with Crippen LogP contribution >= 0.6 is 0 Å². The molecule has 2 rings (SSSR count). The molecule has 0 saturated heterocycles. The lowest BCUT2D eigenvalue weighted by atomic mass is 9.96. The average molecular weight is 218 g/mol. The fraction of sp³-hybridized carbons (Fsp3) is 0.182. The minimum atomic E-state index is -1.09. The second-order valence-electron chi connectivity index (χ2n) is 3.58. The number of carboxylic acids is 1. The quantitative estimate of drug-likeness (QED) is 0.707. The lowest BCUT2D eigenvalue weighted by Crippen LogP contribution is -2.30. The molecule has 1 atom stereocenters. The van der Waals surface area contributed by atoms with Crippen LogP contribution in [-0.4, -0.2) is 29.1 Å². The summed E-state index contributed by atoms with van der Waals surface area (Å²) in [6.07, 6.45) is 6.39. The van der Waals surface area contributed by atoms with Crippen molar-refractivity contribution in [2.75, 3.05) is 0 Å². The van der Waals surface area contributed by atoms with Crippen molar-refractivity contribution in [3.05, 3.63) is 35.1 Å². The van der Waals surface area contributed by atoms with Crippen molar-refractivity contribution < 1.29 is 14.7 Å². The Hall–Kier alpha value is -2.01. The Morgan fingerprint density at radius 3 is 3.00 bits per heavy atom. The van der Waals surface area contributed by atoms with Gasteiger partial charge in [-0.25, -0.2) is 0 Å². The largest absolute Gasteiger partial charge is 0.480 e. The molecule has 5 nitrogen and oxygen atoms in total. The van der Waals surface area contributed by atoms with E-state index in [0.29, 0.717) is 16.8 Å². The summed E-state index contributed by atoms with van der Waals surface area (Å²) in [5.41, 5.74) is 7.07. The van der Waals surface area contributed by atoms with Gasteiger partial charge in [0.1, 0.15) is 6.04 Å². The summed E-state index contributed by atoms with van der Waals surface area (Å²) in [4.78, 5) is 26.3. The highest BCUT2D eigenvalue weighted by molar-refractivity contribution is 6.14. The van der Waals surface area contributed by atoms with Crippen molar-refractivity contribution in [2.45, 2.75) is 12.5 Å². The molecule has 0 bridgehead atoms. The van der Waals surface area contributed by atoms with Gasteiger partial charge in [0.2, 0.25) is 0 Å². The summed E-state index contributed by atoms with van der Waals surface area (Å²) in [7, 11) is 0. The first-order valence-electron chi connectivity index (χ1n) is 4.78. The number of carbonyl (C=O) groups is 2. The van der Waals surface area contributed by atoms with E-state index in [-0.39, 0.29) is 12.2 Å². The van der Waals surface area contributed by atoms with Crippen LogP contribution in [0.15, 0.2) is 40.1 Å². The number of nitrogens with zero attached hydrogens (tertiary/aromatic N) is 1. The van der Waals surface area contributed by atoms with Gasteiger partial charge in [-0.1, -0.05) is 6.08 Å². The molecule has 0 unspecified atom stereocenters. The first kappa shape index (κ1) is 10.5. The summed E-state index contributed by atoms with van der Waals surface area (Å²) >= 11 is 0. The van der Waals surface area contributed by atoms with Crippen molar-refractivity contribution >= 4 is 18.0 Å². The number of allylic oxidation sites excluding steroid dienone is 4. The van der Waals surface area contributed by atoms with Gasteiger partial charge in [-0.05, 0) is 17.7 Å². The van der Waals surface area contributed by atoms with E-state index < -0.39 is 12.0 Å². The zero-order valence-electron chi connectivity index (χ0n) is 8.38. The molecule has 16 heavy (non-hydrogen) atoms. The Bertz CT molecular complexity index is 483. The van der Waals surface area contributed by atoms with Gasteiger partial charge in [-0.3, -0.25) is 14.6 Å². The molecular formula is C11H10N2O3. The van der Waals surface area contributed by atoms with Gasteiger partial charge < -0.3 is 10.8 Å². The number of aliphatic carboxylic acids is 1. The maximum Gasteiger partial charge on any atom is 0.320 e. The minimum absolute atomic E-state index is 0.116. The maximum absolute atomic E-state index is 11.6. The third kappa shape index (κ3) is 1.72. The molecule has 0 spiro atoms. The fourth-order valence-corrected chi connectivity index (χ4v) is 1.64. The van der Waals surface area contributed by atoms with Gasteiger partial charge in [0.25, 0.3) is 0 Å². The van der Waals surface area contributed by atoms with Crippen molar-refractivity contribution in [1.29, 1.82) is 0 Å². The van der Waals surface area contributed by atoms with Crippen molar-refractivity contribution in [3.8, 4) is 0 Å². The third-order valence-electron chi connectivity index (χ3n) is 2.44. The molecule has 0 fully saturated rings. The van der Waals surface area contributed by atoms with Crippen molar-refractivity contribution in [3.63, 3.8) is 0 Å². The molecule has 5 heteroatoms. The highest BCUT2D eigenvalue weighted by atomic mass is 16.4. The van der Waals surface area contributed by atoms with E-state index in [2.05, 4.69) is 4.99 Å². The SMILES string of the molecule is N[C@@H](CC1=C2C(=O)C=CC=C2N=C1)C(=O)O. The van der Waals surface area contributed by atoms with Gasteiger partial charge in [0.05, 0.1) is 11.3 Å². The first-order chi connectivity index (χ1) is 7.59.